The number of nitrogens with one attached hydrogen (secondary N) is 1. The first-order chi connectivity index (χ1) is 9.35. The topological polar surface area (TPSA) is 94.3 Å². The summed E-state index contributed by atoms with van der Waals surface area (Å²) >= 11 is 0. The third kappa shape index (κ3) is 4.22. The van der Waals surface area contributed by atoms with E-state index in [2.05, 4.69) is 10.3 Å². The minimum Gasteiger partial charge on any atom is -0.449 e. The third-order valence-electron chi connectivity index (χ3n) is 2.98. The number of aryl methyl sites for hydroxylation is 1. The largest absolute Gasteiger partial charge is 0.449 e. The molecule has 0 spiro atoms. The molecule has 2 atom stereocenters. The zero-order chi connectivity index (χ0) is 15.3. The smallest absolute Gasteiger partial charge is 0.340 e. The van der Waals surface area contributed by atoms with Crippen LogP contribution in [-0.4, -0.2) is 29.0 Å². The van der Waals surface area contributed by atoms with Gasteiger partial charge in [-0.1, -0.05) is 6.92 Å². The van der Waals surface area contributed by atoms with Crippen LogP contribution in [0.3, 0.4) is 0 Å². The number of hydrogen-bond donors (Lipinski definition) is 2. The van der Waals surface area contributed by atoms with Crippen LogP contribution >= 0.6 is 0 Å². The summed E-state index contributed by atoms with van der Waals surface area (Å²) in [7, 11) is 0. The molecule has 1 aromatic rings. The number of ether oxygens (including phenoxy) is 1. The fraction of sp³-hybridized carbons (Fsp3) is 0.500. The van der Waals surface area contributed by atoms with E-state index in [-0.39, 0.29) is 17.5 Å². The van der Waals surface area contributed by atoms with E-state index in [1.54, 1.807) is 6.92 Å². The lowest BCUT2D eigenvalue weighted by molar-refractivity contribution is -0.129. The Kier molecular flexibility index (Phi) is 5.49. The predicted molar refractivity (Wildman–Crippen MR) is 76.2 cm³/mol. The first-order valence-corrected chi connectivity index (χ1v) is 6.58. The van der Waals surface area contributed by atoms with Gasteiger partial charge in [-0.3, -0.25) is 9.78 Å². The molecule has 1 aromatic heterocycles. The number of hydrogen-bond acceptors (Lipinski definition) is 5. The molecule has 1 heterocycles. The molecule has 1 rings (SSSR count). The molecule has 2 unspecified atom stereocenters. The summed E-state index contributed by atoms with van der Waals surface area (Å²) in [5.74, 6) is -0.920. The molecule has 0 radical (unpaired) electrons. The number of esters is 1. The zero-order valence-electron chi connectivity index (χ0n) is 12.3. The highest BCUT2D eigenvalue weighted by Gasteiger charge is 2.21. The van der Waals surface area contributed by atoms with Gasteiger partial charge in [0, 0.05) is 6.04 Å². The molecule has 0 bridgehead atoms. The van der Waals surface area contributed by atoms with Crippen molar-refractivity contribution in [2.75, 3.05) is 5.73 Å². The Hall–Kier alpha value is -2.11. The van der Waals surface area contributed by atoms with Crippen LogP contribution in [0, 0.1) is 6.92 Å². The average molecular weight is 279 g/mol. The predicted octanol–water partition coefficient (Wildman–Crippen LogP) is 1.43. The lowest BCUT2D eigenvalue weighted by atomic mass is 10.2. The molecule has 3 N–H and O–H groups in total. The number of amides is 1. The molecule has 6 nitrogen and oxygen atoms in total. The van der Waals surface area contributed by atoms with Gasteiger partial charge in [-0.15, -0.1) is 0 Å². The number of aromatic nitrogens is 1. The fourth-order valence-corrected chi connectivity index (χ4v) is 1.50. The molecule has 0 aromatic carbocycles. The van der Waals surface area contributed by atoms with E-state index in [9.17, 15) is 9.59 Å². The summed E-state index contributed by atoms with van der Waals surface area (Å²) in [6.07, 6.45) is 1.41. The first-order valence-electron chi connectivity index (χ1n) is 6.58. The highest BCUT2D eigenvalue weighted by molar-refractivity contribution is 5.93. The number of rotatable bonds is 5. The van der Waals surface area contributed by atoms with Gasteiger partial charge in [0.25, 0.3) is 5.91 Å². The van der Waals surface area contributed by atoms with Crippen molar-refractivity contribution in [3.63, 3.8) is 0 Å². The van der Waals surface area contributed by atoms with Crippen LogP contribution < -0.4 is 11.1 Å². The van der Waals surface area contributed by atoms with Gasteiger partial charge in [0.05, 0.1) is 23.1 Å². The van der Waals surface area contributed by atoms with E-state index >= 15 is 0 Å². The van der Waals surface area contributed by atoms with Crippen LogP contribution in [0.5, 0.6) is 0 Å². The second-order valence-corrected chi connectivity index (χ2v) is 4.77. The molecule has 1 amide bonds. The number of nitrogens with two attached hydrogens (primary N) is 1. The average Bonchev–Trinajstić information content (AvgIpc) is 2.40. The number of carbonyl (C=O) groups is 2. The molecule has 20 heavy (non-hydrogen) atoms. The van der Waals surface area contributed by atoms with Crippen LogP contribution in [0.25, 0.3) is 0 Å². The molecule has 0 aliphatic heterocycles. The summed E-state index contributed by atoms with van der Waals surface area (Å²) < 4.78 is 5.13. The van der Waals surface area contributed by atoms with E-state index in [0.717, 1.165) is 6.42 Å². The Balaban J connectivity index is 2.70. The maximum Gasteiger partial charge on any atom is 0.340 e. The standard InChI is InChI=1S/C14H21N3O3/c1-5-8(2)17-13(18)10(4)20-14(19)12-6-11(15)7-16-9(12)3/h6-8,10H,5,15H2,1-4H3,(H,17,18). The highest BCUT2D eigenvalue weighted by atomic mass is 16.5. The fourth-order valence-electron chi connectivity index (χ4n) is 1.50. The molecule has 0 aliphatic rings. The van der Waals surface area contributed by atoms with Gasteiger partial charge < -0.3 is 15.8 Å². The van der Waals surface area contributed by atoms with Crippen molar-refractivity contribution in [2.45, 2.75) is 46.3 Å². The Bertz CT molecular complexity index is 502. The van der Waals surface area contributed by atoms with E-state index in [4.69, 9.17) is 10.5 Å². The summed E-state index contributed by atoms with van der Waals surface area (Å²) in [4.78, 5) is 27.8. The van der Waals surface area contributed by atoms with Gasteiger partial charge in [-0.25, -0.2) is 4.79 Å². The molecule has 0 aliphatic carbocycles. The Morgan fingerprint density at radius 3 is 2.70 bits per heavy atom. The monoisotopic (exact) mass is 279 g/mol. The molecular weight excluding hydrogens is 258 g/mol. The molecule has 0 saturated carbocycles. The van der Waals surface area contributed by atoms with Gasteiger partial charge in [0.1, 0.15) is 0 Å². The normalized spacial score (nSPS) is 13.4. The molecule has 6 heteroatoms. The van der Waals surface area contributed by atoms with Crippen LogP contribution in [0.2, 0.25) is 0 Å². The van der Waals surface area contributed by atoms with Crippen LogP contribution in [0.1, 0.15) is 43.2 Å². The van der Waals surface area contributed by atoms with Gasteiger partial charge in [0.2, 0.25) is 0 Å². The van der Waals surface area contributed by atoms with Gasteiger partial charge in [-0.2, -0.15) is 0 Å². The summed E-state index contributed by atoms with van der Waals surface area (Å²) in [6, 6.07) is 1.53. The minimum atomic E-state index is -0.864. The summed E-state index contributed by atoms with van der Waals surface area (Å²) in [5, 5.41) is 2.76. The van der Waals surface area contributed by atoms with Crippen molar-refractivity contribution < 1.29 is 14.3 Å². The minimum absolute atomic E-state index is 0.0411. The second-order valence-electron chi connectivity index (χ2n) is 4.77. The molecule has 0 saturated heterocycles. The Labute approximate surface area is 118 Å². The number of pyridine rings is 1. The quantitative estimate of drug-likeness (QED) is 0.795. The Morgan fingerprint density at radius 1 is 1.45 bits per heavy atom. The zero-order valence-corrected chi connectivity index (χ0v) is 12.3. The highest BCUT2D eigenvalue weighted by Crippen LogP contribution is 2.12. The van der Waals surface area contributed by atoms with Crippen molar-refractivity contribution in [3.8, 4) is 0 Å². The van der Waals surface area contributed by atoms with E-state index in [1.165, 1.54) is 19.2 Å². The summed E-state index contributed by atoms with van der Waals surface area (Å²) in [5.41, 5.74) is 6.75. The van der Waals surface area contributed by atoms with Crippen molar-refractivity contribution in [3.05, 3.63) is 23.5 Å². The van der Waals surface area contributed by atoms with E-state index in [1.807, 2.05) is 13.8 Å². The van der Waals surface area contributed by atoms with Gasteiger partial charge in [0.15, 0.2) is 6.10 Å². The van der Waals surface area contributed by atoms with Crippen molar-refractivity contribution in [1.29, 1.82) is 0 Å². The Morgan fingerprint density at radius 2 is 2.10 bits per heavy atom. The summed E-state index contributed by atoms with van der Waals surface area (Å²) in [6.45, 7) is 7.06. The molecular formula is C14H21N3O3. The lowest BCUT2D eigenvalue weighted by Crippen LogP contribution is -2.40. The van der Waals surface area contributed by atoms with Gasteiger partial charge >= 0.3 is 5.97 Å². The number of carbonyl (C=O) groups excluding carboxylic acids is 2. The second kappa shape index (κ2) is 6.88. The molecule has 0 fully saturated rings. The van der Waals surface area contributed by atoms with Crippen molar-refractivity contribution >= 4 is 17.6 Å². The number of nitrogen functional groups attached to an aromatic ring is 1. The molecule has 110 valence electrons. The SMILES string of the molecule is CCC(C)NC(=O)C(C)OC(=O)c1cc(N)cnc1C. The number of anilines is 1. The lowest BCUT2D eigenvalue weighted by Gasteiger charge is -2.17. The van der Waals surface area contributed by atoms with Crippen molar-refractivity contribution in [2.24, 2.45) is 0 Å². The maximum absolute atomic E-state index is 12.0. The van der Waals surface area contributed by atoms with Crippen molar-refractivity contribution in [1.82, 2.24) is 10.3 Å². The van der Waals surface area contributed by atoms with Crippen LogP contribution in [0.4, 0.5) is 5.69 Å². The first kappa shape index (κ1) is 15.9. The van der Waals surface area contributed by atoms with E-state index in [0.29, 0.717) is 11.4 Å². The van der Waals surface area contributed by atoms with Crippen LogP contribution in [0.15, 0.2) is 12.3 Å². The van der Waals surface area contributed by atoms with Gasteiger partial charge in [-0.05, 0) is 33.3 Å². The van der Waals surface area contributed by atoms with E-state index < -0.39 is 12.1 Å². The maximum atomic E-state index is 12.0. The third-order valence-corrected chi connectivity index (χ3v) is 2.98. The van der Waals surface area contributed by atoms with Crippen LogP contribution in [-0.2, 0) is 9.53 Å². The number of nitrogens with zero attached hydrogens (tertiary/aromatic N) is 1.